The van der Waals surface area contributed by atoms with Crippen molar-refractivity contribution in [2.45, 2.75) is 52.1 Å². The van der Waals surface area contributed by atoms with Crippen LogP contribution >= 0.6 is 0 Å². The summed E-state index contributed by atoms with van der Waals surface area (Å²) in [7, 11) is 0. The number of amides is 1. The van der Waals surface area contributed by atoms with Gasteiger partial charge in [-0.3, -0.25) is 4.79 Å². The molecular formula is C20H24F3N3O. The Kier molecular flexibility index (Phi) is 5.06. The second kappa shape index (κ2) is 7.02. The molecule has 0 aliphatic heterocycles. The number of aromatic nitrogens is 2. The molecule has 1 amide bonds. The molecule has 0 spiro atoms. The summed E-state index contributed by atoms with van der Waals surface area (Å²) in [6.07, 6.45) is -0.310. The molecule has 1 aromatic heterocycles. The predicted molar refractivity (Wildman–Crippen MR) is 96.9 cm³/mol. The summed E-state index contributed by atoms with van der Waals surface area (Å²) in [6.45, 7) is 6.84. The Labute approximate surface area is 156 Å². The van der Waals surface area contributed by atoms with Crippen LogP contribution in [0.25, 0.3) is 5.69 Å². The average Bonchev–Trinajstić information content (AvgIpc) is 3.31. The molecule has 2 aromatic rings. The van der Waals surface area contributed by atoms with Crippen LogP contribution in [-0.4, -0.2) is 22.2 Å². The van der Waals surface area contributed by atoms with Gasteiger partial charge in [0.1, 0.15) is 0 Å². The summed E-state index contributed by atoms with van der Waals surface area (Å²) in [5, 5.41) is 7.14. The molecule has 1 saturated carbocycles. The van der Waals surface area contributed by atoms with E-state index in [2.05, 4.69) is 31.2 Å². The van der Waals surface area contributed by atoms with E-state index in [0.29, 0.717) is 23.5 Å². The largest absolute Gasteiger partial charge is 0.416 e. The standard InChI is InChI=1S/C20H24F3N3O/c1-19(2,3)9-10-24-18(27)16-12-25-26(17(16)13-7-8-13)15-6-4-5-14(11-15)20(21,22)23/h4-6,11-13H,7-10H2,1-3H3,(H,24,27). The summed E-state index contributed by atoms with van der Waals surface area (Å²) < 4.78 is 40.6. The van der Waals surface area contributed by atoms with Crippen molar-refractivity contribution in [1.29, 1.82) is 0 Å². The van der Waals surface area contributed by atoms with Gasteiger partial charge >= 0.3 is 6.18 Å². The van der Waals surface area contributed by atoms with Crippen molar-refractivity contribution in [2.75, 3.05) is 6.54 Å². The van der Waals surface area contributed by atoms with Crippen LogP contribution in [0.3, 0.4) is 0 Å². The van der Waals surface area contributed by atoms with Crippen molar-refractivity contribution in [1.82, 2.24) is 15.1 Å². The highest BCUT2D eigenvalue weighted by atomic mass is 19.4. The van der Waals surface area contributed by atoms with E-state index in [1.807, 2.05) is 0 Å². The van der Waals surface area contributed by atoms with Crippen molar-refractivity contribution < 1.29 is 18.0 Å². The van der Waals surface area contributed by atoms with Crippen LogP contribution in [0.15, 0.2) is 30.5 Å². The van der Waals surface area contributed by atoms with Gasteiger partial charge in [0.2, 0.25) is 0 Å². The molecule has 1 fully saturated rings. The summed E-state index contributed by atoms with van der Waals surface area (Å²) in [5.74, 6) is -0.0650. The molecule has 7 heteroatoms. The van der Waals surface area contributed by atoms with Crippen LogP contribution in [0.2, 0.25) is 0 Å². The van der Waals surface area contributed by atoms with Gasteiger partial charge in [0.05, 0.1) is 28.7 Å². The molecule has 0 unspecified atom stereocenters. The first-order chi connectivity index (χ1) is 12.6. The molecule has 146 valence electrons. The first-order valence-corrected chi connectivity index (χ1v) is 9.10. The molecule has 1 aliphatic carbocycles. The summed E-state index contributed by atoms with van der Waals surface area (Å²) in [4.78, 5) is 12.6. The van der Waals surface area contributed by atoms with Gasteiger partial charge in [-0.05, 0) is 42.9 Å². The maximum atomic E-state index is 13.0. The Bertz CT molecular complexity index is 830. The van der Waals surface area contributed by atoms with E-state index in [4.69, 9.17) is 0 Å². The monoisotopic (exact) mass is 379 g/mol. The number of carbonyl (C=O) groups excluding carboxylic acids is 1. The number of benzene rings is 1. The van der Waals surface area contributed by atoms with Crippen molar-refractivity contribution in [3.05, 3.63) is 47.3 Å². The number of alkyl halides is 3. The molecular weight excluding hydrogens is 355 g/mol. The first-order valence-electron chi connectivity index (χ1n) is 9.10. The molecule has 0 bridgehead atoms. The minimum atomic E-state index is -4.42. The van der Waals surface area contributed by atoms with Gasteiger partial charge in [-0.15, -0.1) is 0 Å². The van der Waals surface area contributed by atoms with E-state index < -0.39 is 11.7 Å². The number of hydrogen-bond acceptors (Lipinski definition) is 2. The highest BCUT2D eigenvalue weighted by Gasteiger charge is 2.34. The van der Waals surface area contributed by atoms with Gasteiger partial charge < -0.3 is 5.32 Å². The Balaban J connectivity index is 1.88. The molecule has 3 rings (SSSR count). The molecule has 0 atom stereocenters. The van der Waals surface area contributed by atoms with E-state index in [1.54, 1.807) is 6.07 Å². The third-order valence-electron chi connectivity index (χ3n) is 4.59. The zero-order valence-corrected chi connectivity index (χ0v) is 15.7. The van der Waals surface area contributed by atoms with Gasteiger partial charge in [0.15, 0.2) is 0 Å². The molecule has 4 nitrogen and oxygen atoms in total. The van der Waals surface area contributed by atoms with Crippen molar-refractivity contribution in [3.8, 4) is 5.69 Å². The molecule has 0 saturated heterocycles. The summed E-state index contributed by atoms with van der Waals surface area (Å²) in [5.41, 5.74) is 0.842. The number of nitrogens with zero attached hydrogens (tertiary/aromatic N) is 2. The molecule has 1 aliphatic rings. The smallest absolute Gasteiger partial charge is 0.352 e. The topological polar surface area (TPSA) is 46.9 Å². The van der Waals surface area contributed by atoms with Crippen LogP contribution < -0.4 is 5.32 Å². The predicted octanol–water partition coefficient (Wildman–Crippen LogP) is 4.93. The molecule has 1 aromatic carbocycles. The van der Waals surface area contributed by atoms with E-state index in [1.165, 1.54) is 16.9 Å². The molecule has 27 heavy (non-hydrogen) atoms. The SMILES string of the molecule is CC(C)(C)CCNC(=O)c1cnn(-c2cccc(C(F)(F)F)c2)c1C1CC1. The van der Waals surface area contributed by atoms with Crippen LogP contribution in [0.5, 0.6) is 0 Å². The Morgan fingerprint density at radius 3 is 2.56 bits per heavy atom. The molecule has 0 radical (unpaired) electrons. The van der Waals surface area contributed by atoms with Crippen LogP contribution in [0.1, 0.15) is 67.6 Å². The first kappa shape index (κ1) is 19.5. The number of hydrogen-bond donors (Lipinski definition) is 1. The third-order valence-corrected chi connectivity index (χ3v) is 4.59. The highest BCUT2D eigenvalue weighted by molar-refractivity contribution is 5.95. The number of carbonyl (C=O) groups is 1. The lowest BCUT2D eigenvalue weighted by Crippen LogP contribution is -2.27. The van der Waals surface area contributed by atoms with Crippen molar-refractivity contribution in [2.24, 2.45) is 5.41 Å². The zero-order valence-electron chi connectivity index (χ0n) is 15.7. The quantitative estimate of drug-likeness (QED) is 0.800. The summed E-state index contributed by atoms with van der Waals surface area (Å²) in [6, 6.07) is 5.04. The Hall–Kier alpha value is -2.31. The fourth-order valence-electron chi connectivity index (χ4n) is 2.95. The normalized spacial score (nSPS) is 15.0. The van der Waals surface area contributed by atoms with E-state index in [9.17, 15) is 18.0 Å². The van der Waals surface area contributed by atoms with Crippen molar-refractivity contribution >= 4 is 5.91 Å². The summed E-state index contributed by atoms with van der Waals surface area (Å²) >= 11 is 0. The van der Waals surface area contributed by atoms with Gasteiger partial charge in [-0.1, -0.05) is 26.8 Å². The van der Waals surface area contributed by atoms with Gasteiger partial charge in [-0.25, -0.2) is 4.68 Å². The van der Waals surface area contributed by atoms with E-state index in [0.717, 1.165) is 31.4 Å². The fourth-order valence-corrected chi connectivity index (χ4v) is 2.95. The minimum absolute atomic E-state index is 0.106. The van der Waals surface area contributed by atoms with Gasteiger partial charge in [0, 0.05) is 12.5 Å². The third kappa shape index (κ3) is 4.70. The molecule has 1 heterocycles. The minimum Gasteiger partial charge on any atom is -0.352 e. The number of halogens is 3. The van der Waals surface area contributed by atoms with Crippen LogP contribution in [-0.2, 0) is 6.18 Å². The van der Waals surface area contributed by atoms with Crippen LogP contribution in [0, 0.1) is 5.41 Å². The fraction of sp³-hybridized carbons (Fsp3) is 0.500. The van der Waals surface area contributed by atoms with Crippen LogP contribution in [0.4, 0.5) is 13.2 Å². The lowest BCUT2D eigenvalue weighted by atomic mass is 9.92. The van der Waals surface area contributed by atoms with Crippen molar-refractivity contribution in [3.63, 3.8) is 0 Å². The molecule has 1 N–H and O–H groups in total. The number of nitrogens with one attached hydrogen (secondary N) is 1. The zero-order chi connectivity index (χ0) is 19.8. The maximum Gasteiger partial charge on any atom is 0.416 e. The Morgan fingerprint density at radius 1 is 1.26 bits per heavy atom. The second-order valence-corrected chi connectivity index (χ2v) is 8.24. The average molecular weight is 379 g/mol. The van der Waals surface area contributed by atoms with Gasteiger partial charge in [0.25, 0.3) is 5.91 Å². The number of rotatable bonds is 5. The Morgan fingerprint density at radius 2 is 1.96 bits per heavy atom. The second-order valence-electron chi connectivity index (χ2n) is 8.24. The lowest BCUT2D eigenvalue weighted by Gasteiger charge is -2.18. The maximum absolute atomic E-state index is 13.0. The highest BCUT2D eigenvalue weighted by Crippen LogP contribution is 2.42. The van der Waals surface area contributed by atoms with Gasteiger partial charge in [-0.2, -0.15) is 18.3 Å². The van der Waals surface area contributed by atoms with E-state index in [-0.39, 0.29) is 17.2 Å². The van der Waals surface area contributed by atoms with E-state index >= 15 is 0 Å². The lowest BCUT2D eigenvalue weighted by molar-refractivity contribution is -0.137.